The van der Waals surface area contributed by atoms with Crippen LogP contribution in [0.1, 0.15) is 74.1 Å². The molecule has 2 atom stereocenters. The molecule has 0 spiro atoms. The predicted octanol–water partition coefficient (Wildman–Crippen LogP) is 5.33. The highest BCUT2D eigenvalue weighted by atomic mass is 28.3. The van der Waals surface area contributed by atoms with Crippen LogP contribution in [0.5, 0.6) is 0 Å². The van der Waals surface area contributed by atoms with E-state index in [2.05, 4.69) is 60.5 Å². The van der Waals surface area contributed by atoms with E-state index in [1.54, 1.807) is 0 Å². The molecule has 1 N–H and O–H groups in total. The lowest BCUT2D eigenvalue weighted by molar-refractivity contribution is 0.490. The van der Waals surface area contributed by atoms with Gasteiger partial charge in [-0.3, -0.25) is 0 Å². The summed E-state index contributed by atoms with van der Waals surface area (Å²) in [6, 6.07) is 0. The minimum Gasteiger partial charge on any atom is -0.339 e. The third kappa shape index (κ3) is 2.78. The fraction of sp³-hybridized carbons (Fsp3) is 1.00. The van der Waals surface area contributed by atoms with Crippen molar-refractivity contribution in [2.75, 3.05) is 7.05 Å². The van der Waals surface area contributed by atoms with E-state index < -0.39 is 8.24 Å². The third-order valence-electron chi connectivity index (χ3n) is 5.75. The van der Waals surface area contributed by atoms with Gasteiger partial charge in [-0.15, -0.1) is 0 Å². The van der Waals surface area contributed by atoms with E-state index in [0.717, 1.165) is 11.1 Å². The van der Waals surface area contributed by atoms with Gasteiger partial charge in [0.15, 0.2) is 0 Å². The number of hydrogen-bond acceptors (Lipinski definition) is 1. The van der Waals surface area contributed by atoms with Crippen LogP contribution in [0.3, 0.4) is 0 Å². The Bertz CT molecular complexity index is 201. The van der Waals surface area contributed by atoms with Gasteiger partial charge in [-0.1, -0.05) is 74.1 Å². The topological polar surface area (TPSA) is 12.0 Å². The van der Waals surface area contributed by atoms with E-state index in [-0.39, 0.29) is 0 Å². The summed E-state index contributed by atoms with van der Waals surface area (Å²) in [5, 5.41) is 0.520. The lowest BCUT2D eigenvalue weighted by atomic mass is 10.1. The Kier molecular flexibility index (Phi) is 7.01. The Morgan fingerprint density at radius 3 is 1.47 bits per heavy atom. The first kappa shape index (κ1) is 17.2. The van der Waals surface area contributed by atoms with E-state index in [0.29, 0.717) is 5.04 Å². The first-order valence-corrected chi connectivity index (χ1v) is 9.74. The monoisotopic (exact) mass is 257 g/mol. The van der Waals surface area contributed by atoms with Crippen molar-refractivity contribution in [1.29, 1.82) is 0 Å². The van der Waals surface area contributed by atoms with E-state index >= 15 is 0 Å². The molecule has 0 saturated heterocycles. The molecular formula is C15H35NSi. The number of hydrogen-bond donors (Lipinski definition) is 1. The minimum absolute atomic E-state index is 0.520. The van der Waals surface area contributed by atoms with Gasteiger partial charge < -0.3 is 4.98 Å². The molecule has 0 aromatic rings. The third-order valence-corrected chi connectivity index (χ3v) is 13.2. The maximum Gasteiger partial charge on any atom is 0.137 e. The van der Waals surface area contributed by atoms with Crippen LogP contribution in [0.2, 0.25) is 16.1 Å². The van der Waals surface area contributed by atoms with Gasteiger partial charge in [-0.2, -0.15) is 0 Å². The summed E-state index contributed by atoms with van der Waals surface area (Å²) in [6.07, 6.45) is 5.25. The molecule has 0 aromatic heterocycles. The van der Waals surface area contributed by atoms with Crippen molar-refractivity contribution >= 4 is 8.24 Å². The smallest absolute Gasteiger partial charge is 0.137 e. The molecule has 17 heavy (non-hydrogen) atoms. The van der Waals surface area contributed by atoms with Gasteiger partial charge in [-0.25, -0.2) is 0 Å². The van der Waals surface area contributed by atoms with Crippen molar-refractivity contribution in [3.8, 4) is 0 Å². The average molecular weight is 258 g/mol. The molecule has 0 amide bonds. The second-order valence-corrected chi connectivity index (χ2v) is 11.4. The van der Waals surface area contributed by atoms with Gasteiger partial charge in [0, 0.05) is 0 Å². The fourth-order valence-electron chi connectivity index (χ4n) is 3.95. The largest absolute Gasteiger partial charge is 0.339 e. The quantitative estimate of drug-likeness (QED) is 0.579. The highest BCUT2D eigenvalue weighted by Crippen LogP contribution is 2.54. The standard InChI is InChI=1S/C15H35NSi/c1-9-13(5)17(16-8,14(6)10-2)15(7,11-3)12-4/h13-14,16H,9-12H2,1-8H3. The maximum absolute atomic E-state index is 3.90. The lowest BCUT2D eigenvalue weighted by Crippen LogP contribution is -2.62. The zero-order chi connectivity index (χ0) is 13.7. The summed E-state index contributed by atoms with van der Waals surface area (Å²) in [7, 11) is 0.750. The molecule has 0 aromatic carbocycles. The van der Waals surface area contributed by atoms with Crippen LogP contribution in [-0.2, 0) is 0 Å². The van der Waals surface area contributed by atoms with Crippen LogP contribution < -0.4 is 4.98 Å². The highest BCUT2D eigenvalue weighted by Gasteiger charge is 2.53. The Hall–Kier alpha value is 0.177. The van der Waals surface area contributed by atoms with Crippen molar-refractivity contribution in [3.63, 3.8) is 0 Å². The normalized spacial score (nSPS) is 19.8. The zero-order valence-electron chi connectivity index (χ0n) is 13.5. The molecule has 0 aliphatic carbocycles. The molecule has 0 aliphatic rings. The van der Waals surface area contributed by atoms with Gasteiger partial charge >= 0.3 is 0 Å². The fourth-order valence-corrected chi connectivity index (χ4v) is 11.3. The second kappa shape index (κ2) is 6.94. The second-order valence-electron chi connectivity index (χ2n) is 6.01. The molecule has 0 bridgehead atoms. The Labute approximate surface area is 111 Å². The molecule has 0 saturated carbocycles. The van der Waals surface area contributed by atoms with Crippen molar-refractivity contribution in [3.05, 3.63) is 0 Å². The van der Waals surface area contributed by atoms with Crippen LogP contribution >= 0.6 is 0 Å². The van der Waals surface area contributed by atoms with Crippen LogP contribution in [-0.4, -0.2) is 15.3 Å². The van der Waals surface area contributed by atoms with Crippen LogP contribution in [0.25, 0.3) is 0 Å². The average Bonchev–Trinajstić information content (AvgIpc) is 2.38. The molecule has 0 heterocycles. The molecule has 104 valence electrons. The molecule has 1 nitrogen and oxygen atoms in total. The molecule has 0 radical (unpaired) electrons. The minimum atomic E-state index is -1.48. The molecule has 2 heteroatoms. The molecule has 2 unspecified atom stereocenters. The van der Waals surface area contributed by atoms with Crippen molar-refractivity contribution in [1.82, 2.24) is 4.98 Å². The van der Waals surface area contributed by atoms with Gasteiger partial charge in [0.05, 0.1) is 0 Å². The zero-order valence-corrected chi connectivity index (χ0v) is 14.5. The van der Waals surface area contributed by atoms with Crippen LogP contribution in [0, 0.1) is 0 Å². The summed E-state index contributed by atoms with van der Waals surface area (Å²) in [6.45, 7) is 17.0. The molecule has 0 fully saturated rings. The van der Waals surface area contributed by atoms with Gasteiger partial charge in [0.2, 0.25) is 0 Å². The Balaban J connectivity index is 5.62. The highest BCUT2D eigenvalue weighted by molar-refractivity contribution is 6.82. The number of rotatable bonds is 8. The van der Waals surface area contributed by atoms with E-state index in [1.165, 1.54) is 25.7 Å². The van der Waals surface area contributed by atoms with Crippen LogP contribution in [0.15, 0.2) is 0 Å². The summed E-state index contributed by atoms with van der Waals surface area (Å²) < 4.78 is 0. The first-order chi connectivity index (χ1) is 7.89. The van der Waals surface area contributed by atoms with Crippen molar-refractivity contribution in [2.24, 2.45) is 0 Å². The molecule has 0 aliphatic heterocycles. The predicted molar refractivity (Wildman–Crippen MR) is 83.2 cm³/mol. The lowest BCUT2D eigenvalue weighted by Gasteiger charge is -2.53. The SMILES string of the molecule is CCC(C)[Si](NC)(C(C)CC)C(C)(CC)CC. The van der Waals surface area contributed by atoms with Crippen molar-refractivity contribution < 1.29 is 0 Å². The summed E-state index contributed by atoms with van der Waals surface area (Å²) in [4.78, 5) is 3.90. The molecular weight excluding hydrogens is 222 g/mol. The van der Waals surface area contributed by atoms with E-state index in [4.69, 9.17) is 0 Å². The van der Waals surface area contributed by atoms with Gasteiger partial charge in [-0.05, 0) is 23.2 Å². The van der Waals surface area contributed by atoms with E-state index in [1.807, 2.05) is 0 Å². The summed E-state index contributed by atoms with van der Waals surface area (Å²) in [5.74, 6) is 0. The Morgan fingerprint density at radius 1 is 0.941 bits per heavy atom. The summed E-state index contributed by atoms with van der Waals surface area (Å²) in [5.41, 5.74) is 1.71. The summed E-state index contributed by atoms with van der Waals surface area (Å²) >= 11 is 0. The first-order valence-electron chi connectivity index (χ1n) is 7.58. The van der Waals surface area contributed by atoms with Gasteiger partial charge in [0.1, 0.15) is 8.24 Å². The maximum atomic E-state index is 3.90. The number of nitrogens with one attached hydrogen (secondary N) is 1. The van der Waals surface area contributed by atoms with Crippen LogP contribution in [0.4, 0.5) is 0 Å². The van der Waals surface area contributed by atoms with Gasteiger partial charge in [0.25, 0.3) is 0 Å². The molecule has 0 rings (SSSR count). The van der Waals surface area contributed by atoms with E-state index in [9.17, 15) is 0 Å². The van der Waals surface area contributed by atoms with Crippen molar-refractivity contribution in [2.45, 2.75) is 90.3 Å². The Morgan fingerprint density at radius 2 is 1.29 bits per heavy atom.